The Labute approximate surface area is 85.3 Å². The summed E-state index contributed by atoms with van der Waals surface area (Å²) < 4.78 is 5.15. The second-order valence-electron chi connectivity index (χ2n) is 2.65. The van der Waals surface area contributed by atoms with E-state index in [1.54, 1.807) is 6.07 Å². The van der Waals surface area contributed by atoms with Crippen molar-refractivity contribution in [3.05, 3.63) is 34.9 Å². The van der Waals surface area contributed by atoms with Crippen LogP contribution in [0.2, 0.25) is 5.02 Å². The van der Waals surface area contributed by atoms with E-state index in [2.05, 4.69) is 10.2 Å². The lowest BCUT2D eigenvalue weighted by Crippen LogP contribution is -2.06. The third-order valence-corrected chi connectivity index (χ3v) is 2.06. The fourth-order valence-electron chi connectivity index (χ4n) is 0.899. The predicted octanol–water partition coefficient (Wildman–Crippen LogP) is 3.17. The molecule has 3 nitrogen and oxygen atoms in total. The summed E-state index contributed by atoms with van der Waals surface area (Å²) in [5.74, 6) is 0. The van der Waals surface area contributed by atoms with Crippen molar-refractivity contribution in [3.8, 4) is 0 Å². The Morgan fingerprint density at radius 2 is 2.15 bits per heavy atom. The minimum absolute atomic E-state index is 0.358. The van der Waals surface area contributed by atoms with Crippen LogP contribution in [0.1, 0.15) is 5.56 Å². The molecule has 5 heteroatoms. The number of alkyl halides is 1. The van der Waals surface area contributed by atoms with E-state index in [4.69, 9.17) is 27.9 Å². The molecule has 68 valence electrons. The molecule has 0 bridgehead atoms. The van der Waals surface area contributed by atoms with Crippen LogP contribution in [-0.4, -0.2) is 5.31 Å². The van der Waals surface area contributed by atoms with Gasteiger partial charge in [-0.25, -0.2) is 0 Å². The normalized spacial score (nSPS) is 17.4. The van der Waals surface area contributed by atoms with Gasteiger partial charge in [0.25, 0.3) is 0 Å². The molecule has 0 unspecified atom stereocenters. The topological polar surface area (TPSA) is 34.0 Å². The van der Waals surface area contributed by atoms with Crippen LogP contribution in [0.3, 0.4) is 0 Å². The van der Waals surface area contributed by atoms with Gasteiger partial charge in [0.2, 0.25) is 0 Å². The molecule has 1 heterocycles. The highest BCUT2D eigenvalue weighted by atomic mass is 35.5. The molecule has 0 amide bonds. The fraction of sp³-hybridized carbons (Fsp3) is 0.250. The molecular formula is C8H6Cl2N2O. The third kappa shape index (κ3) is 2.40. The average Bonchev–Trinajstić information content (AvgIpc) is 2.82. The van der Waals surface area contributed by atoms with Gasteiger partial charge >= 0.3 is 5.31 Å². The Bertz CT molecular complexity index is 348. The molecule has 13 heavy (non-hydrogen) atoms. The smallest absolute Gasteiger partial charge is 0.316 e. The number of hydrogen-bond acceptors (Lipinski definition) is 3. The van der Waals surface area contributed by atoms with Gasteiger partial charge in [0.1, 0.15) is 0 Å². The van der Waals surface area contributed by atoms with Crippen LogP contribution in [0.25, 0.3) is 0 Å². The lowest BCUT2D eigenvalue weighted by Gasteiger charge is -2.04. The van der Waals surface area contributed by atoms with Crippen LogP contribution >= 0.6 is 23.2 Å². The van der Waals surface area contributed by atoms with Crippen molar-refractivity contribution in [2.75, 3.05) is 0 Å². The number of benzene rings is 1. The molecule has 1 aliphatic rings. The summed E-state index contributed by atoms with van der Waals surface area (Å²) in [7, 11) is 0. The number of hydrogen-bond donors (Lipinski definition) is 0. The SMILES string of the molecule is Clc1cccc(COC2(Cl)N=N2)c1. The maximum absolute atomic E-state index is 5.78. The molecule has 0 saturated carbocycles. The highest BCUT2D eigenvalue weighted by molar-refractivity contribution is 6.30. The van der Waals surface area contributed by atoms with Crippen molar-refractivity contribution in [3.63, 3.8) is 0 Å². The maximum Gasteiger partial charge on any atom is 0.375 e. The zero-order valence-corrected chi connectivity index (χ0v) is 8.09. The quantitative estimate of drug-likeness (QED) is 0.565. The summed E-state index contributed by atoms with van der Waals surface area (Å²) >= 11 is 11.4. The van der Waals surface area contributed by atoms with E-state index in [-0.39, 0.29) is 0 Å². The Morgan fingerprint density at radius 3 is 2.77 bits per heavy atom. The van der Waals surface area contributed by atoms with Crippen LogP contribution in [-0.2, 0) is 11.3 Å². The van der Waals surface area contributed by atoms with Gasteiger partial charge in [0, 0.05) is 5.02 Å². The monoisotopic (exact) mass is 216 g/mol. The first-order valence-corrected chi connectivity index (χ1v) is 4.45. The molecule has 0 N–H and O–H groups in total. The molecule has 2 rings (SSSR count). The first-order valence-electron chi connectivity index (χ1n) is 3.69. The average molecular weight is 217 g/mol. The first kappa shape index (κ1) is 8.94. The van der Waals surface area contributed by atoms with E-state index in [1.807, 2.05) is 18.2 Å². The lowest BCUT2D eigenvalue weighted by atomic mass is 10.2. The summed E-state index contributed by atoms with van der Waals surface area (Å²) in [6.45, 7) is 0.358. The number of rotatable bonds is 3. The van der Waals surface area contributed by atoms with Gasteiger partial charge in [-0.15, -0.1) is 10.2 Å². The predicted molar refractivity (Wildman–Crippen MR) is 49.7 cm³/mol. The van der Waals surface area contributed by atoms with Crippen molar-refractivity contribution in [1.29, 1.82) is 0 Å². The van der Waals surface area contributed by atoms with Gasteiger partial charge in [0.05, 0.1) is 6.61 Å². The zero-order chi connectivity index (χ0) is 9.31. The number of ether oxygens (including phenoxy) is 1. The van der Waals surface area contributed by atoms with Crippen molar-refractivity contribution < 1.29 is 4.74 Å². The van der Waals surface area contributed by atoms with Crippen LogP contribution < -0.4 is 0 Å². The molecule has 1 aromatic carbocycles. The minimum Gasteiger partial charge on any atom is -0.316 e. The summed E-state index contributed by atoms with van der Waals surface area (Å²) in [5, 5.41) is 6.57. The summed E-state index contributed by atoms with van der Waals surface area (Å²) in [5.41, 5.74) is 0.949. The summed E-state index contributed by atoms with van der Waals surface area (Å²) in [6, 6.07) is 7.36. The molecule has 0 atom stereocenters. The fourth-order valence-corrected chi connectivity index (χ4v) is 1.20. The Hall–Kier alpha value is -0.640. The maximum atomic E-state index is 5.78. The van der Waals surface area contributed by atoms with Crippen molar-refractivity contribution >= 4 is 23.2 Å². The first-order chi connectivity index (χ1) is 6.18. The Kier molecular flexibility index (Phi) is 2.24. The summed E-state index contributed by atoms with van der Waals surface area (Å²) in [6.07, 6.45) is 0. The molecule has 0 aliphatic carbocycles. The van der Waals surface area contributed by atoms with Crippen LogP contribution in [0, 0.1) is 0 Å². The van der Waals surface area contributed by atoms with Gasteiger partial charge in [-0.3, -0.25) is 0 Å². The van der Waals surface area contributed by atoms with E-state index < -0.39 is 5.31 Å². The van der Waals surface area contributed by atoms with Crippen LogP contribution in [0.4, 0.5) is 0 Å². The molecule has 0 spiro atoms. The molecule has 0 saturated heterocycles. The molecule has 0 aromatic heterocycles. The molecule has 0 fully saturated rings. The second-order valence-corrected chi connectivity index (χ2v) is 3.58. The Morgan fingerprint density at radius 1 is 1.38 bits per heavy atom. The van der Waals surface area contributed by atoms with Gasteiger partial charge in [-0.1, -0.05) is 23.7 Å². The van der Waals surface area contributed by atoms with E-state index >= 15 is 0 Å². The lowest BCUT2D eigenvalue weighted by molar-refractivity contribution is 0.0650. The largest absolute Gasteiger partial charge is 0.375 e. The van der Waals surface area contributed by atoms with Gasteiger partial charge in [-0.05, 0) is 29.3 Å². The molecule has 1 aromatic rings. The number of nitrogens with zero attached hydrogens (tertiary/aromatic N) is 2. The van der Waals surface area contributed by atoms with Crippen molar-refractivity contribution in [2.24, 2.45) is 10.2 Å². The molecular weight excluding hydrogens is 211 g/mol. The zero-order valence-electron chi connectivity index (χ0n) is 6.58. The van der Waals surface area contributed by atoms with Crippen molar-refractivity contribution in [1.82, 2.24) is 0 Å². The highest BCUT2D eigenvalue weighted by Crippen LogP contribution is 2.34. The Balaban J connectivity index is 1.94. The van der Waals surface area contributed by atoms with Gasteiger partial charge in [0.15, 0.2) is 0 Å². The van der Waals surface area contributed by atoms with E-state index in [0.717, 1.165) is 5.56 Å². The van der Waals surface area contributed by atoms with Crippen LogP contribution in [0.15, 0.2) is 34.5 Å². The number of halogens is 2. The van der Waals surface area contributed by atoms with E-state index in [9.17, 15) is 0 Å². The third-order valence-electron chi connectivity index (χ3n) is 1.57. The minimum atomic E-state index is -1.12. The molecule has 1 aliphatic heterocycles. The van der Waals surface area contributed by atoms with E-state index in [0.29, 0.717) is 11.6 Å². The summed E-state index contributed by atoms with van der Waals surface area (Å²) in [4.78, 5) is 0. The standard InChI is InChI=1S/C8H6Cl2N2O/c9-7-3-1-2-6(4-7)5-13-8(10)11-12-8/h1-4H,5H2. The van der Waals surface area contributed by atoms with E-state index in [1.165, 1.54) is 0 Å². The van der Waals surface area contributed by atoms with Gasteiger partial charge < -0.3 is 4.74 Å². The highest BCUT2D eigenvalue weighted by Gasteiger charge is 2.38. The van der Waals surface area contributed by atoms with Gasteiger partial charge in [-0.2, -0.15) is 0 Å². The van der Waals surface area contributed by atoms with Crippen LogP contribution in [0.5, 0.6) is 0 Å². The second kappa shape index (κ2) is 3.25. The van der Waals surface area contributed by atoms with Crippen molar-refractivity contribution in [2.45, 2.75) is 11.9 Å². The molecule has 0 radical (unpaired) electrons.